The highest BCUT2D eigenvalue weighted by Crippen LogP contribution is 2.45. The van der Waals surface area contributed by atoms with Gasteiger partial charge in [0.1, 0.15) is 0 Å². The van der Waals surface area contributed by atoms with E-state index in [-0.39, 0.29) is 0 Å². The van der Waals surface area contributed by atoms with E-state index in [0.717, 1.165) is 0 Å². The number of hydrogen-bond acceptors (Lipinski definition) is 0. The molecule has 2 aromatic heterocycles. The van der Waals surface area contributed by atoms with Crippen LogP contribution >= 0.6 is 0 Å². The Morgan fingerprint density at radius 1 is 0.471 bits per heavy atom. The van der Waals surface area contributed by atoms with Crippen LogP contribution in [0.15, 0.2) is 42.5 Å². The maximum atomic E-state index is 2.70. The molecule has 0 spiro atoms. The molecule has 2 heterocycles. The number of nitrogens with zero attached hydrogens (tertiary/aromatic N) is 1. The molecule has 3 aromatic carbocycles. The molecule has 1 nitrogen and oxygen atoms in total. The summed E-state index contributed by atoms with van der Waals surface area (Å²) in [5.41, 5.74) is 11.1. The van der Waals surface area contributed by atoms with Gasteiger partial charge >= 0.3 is 0 Å². The molecule has 0 bridgehead atoms. The van der Waals surface area contributed by atoms with Crippen molar-refractivity contribution >= 4 is 38.1 Å². The summed E-state index contributed by atoms with van der Waals surface area (Å²) in [5.74, 6) is 0. The number of aromatic nitrogens is 1. The highest BCUT2D eigenvalue weighted by atomic mass is 14.9. The second kappa shape index (κ2) is 8.59. The van der Waals surface area contributed by atoms with Crippen molar-refractivity contribution in [2.24, 2.45) is 0 Å². The minimum atomic E-state index is 1.24. The molecule has 0 saturated carbocycles. The fourth-order valence-electron chi connectivity index (χ4n) is 7.37. The SMILES string of the molecule is c1ccc2c(c1)c1cc3c(c4c5ccc6c(c5n2c14)CCCCCCCC6)CCCCCCC3. The first kappa shape index (κ1) is 20.8. The quantitative estimate of drug-likeness (QED) is 0.223. The van der Waals surface area contributed by atoms with E-state index in [1.165, 1.54) is 124 Å². The molecule has 0 radical (unpaired) electrons. The predicted octanol–water partition coefficient (Wildman–Crippen LogP) is 9.32. The lowest BCUT2D eigenvalue weighted by Gasteiger charge is -2.15. The smallest absolute Gasteiger partial charge is 0.0623 e. The Labute approximate surface area is 203 Å². The van der Waals surface area contributed by atoms with Crippen molar-refractivity contribution in [2.75, 3.05) is 0 Å². The van der Waals surface area contributed by atoms with Crippen LogP contribution < -0.4 is 0 Å². The zero-order valence-electron chi connectivity index (χ0n) is 20.6. The largest absolute Gasteiger partial charge is 0.308 e. The number of aryl methyl sites for hydroxylation is 4. The number of hydrogen-bond donors (Lipinski definition) is 0. The predicted molar refractivity (Wildman–Crippen MR) is 147 cm³/mol. The number of para-hydroxylation sites is 1. The van der Waals surface area contributed by atoms with E-state index in [1.54, 1.807) is 33.2 Å². The van der Waals surface area contributed by atoms with Crippen molar-refractivity contribution < 1.29 is 0 Å². The number of rotatable bonds is 0. The van der Waals surface area contributed by atoms with Crippen LogP contribution in [0.1, 0.15) is 92.9 Å². The van der Waals surface area contributed by atoms with Gasteiger partial charge in [0.2, 0.25) is 0 Å². The number of benzene rings is 3. The van der Waals surface area contributed by atoms with Crippen LogP contribution in [0, 0.1) is 0 Å². The molecule has 0 fully saturated rings. The Morgan fingerprint density at radius 2 is 1.12 bits per heavy atom. The summed E-state index contributed by atoms with van der Waals surface area (Å²) in [6.07, 6.45) is 20.1. The van der Waals surface area contributed by atoms with Crippen LogP contribution in [0.2, 0.25) is 0 Å². The molecule has 34 heavy (non-hydrogen) atoms. The molecule has 0 amide bonds. The van der Waals surface area contributed by atoms with E-state index in [1.807, 2.05) is 0 Å². The fourth-order valence-corrected chi connectivity index (χ4v) is 7.37. The van der Waals surface area contributed by atoms with Gasteiger partial charge in [0.15, 0.2) is 0 Å². The van der Waals surface area contributed by atoms with Gasteiger partial charge in [-0.1, -0.05) is 75.3 Å². The molecule has 0 unspecified atom stereocenters. The molecule has 5 aromatic rings. The summed E-state index contributed by atoms with van der Waals surface area (Å²) < 4.78 is 2.70. The molecule has 0 aliphatic heterocycles. The third kappa shape index (κ3) is 3.19. The van der Waals surface area contributed by atoms with Crippen LogP contribution in [0.4, 0.5) is 0 Å². The zero-order valence-corrected chi connectivity index (χ0v) is 20.6. The molecule has 0 atom stereocenters. The summed E-state index contributed by atoms with van der Waals surface area (Å²) in [6.45, 7) is 0. The van der Waals surface area contributed by atoms with Gasteiger partial charge in [0, 0.05) is 21.5 Å². The van der Waals surface area contributed by atoms with E-state index < -0.39 is 0 Å². The lowest BCUT2D eigenvalue weighted by molar-refractivity contribution is 0.582. The van der Waals surface area contributed by atoms with Crippen LogP contribution in [0.5, 0.6) is 0 Å². The molecule has 174 valence electrons. The maximum Gasteiger partial charge on any atom is 0.0623 e. The monoisotopic (exact) mass is 447 g/mol. The van der Waals surface area contributed by atoms with E-state index in [9.17, 15) is 0 Å². The molecular weight excluding hydrogens is 410 g/mol. The summed E-state index contributed by atoms with van der Waals surface area (Å²) in [4.78, 5) is 0. The fraction of sp³-hybridized carbons (Fsp3) is 0.455. The van der Waals surface area contributed by atoms with Gasteiger partial charge in [-0.3, -0.25) is 0 Å². The molecular formula is C33H37N. The Morgan fingerprint density at radius 3 is 1.91 bits per heavy atom. The Bertz CT molecular complexity index is 1480. The average Bonchev–Trinajstić information content (AvgIpc) is 3.41. The minimum absolute atomic E-state index is 1.24. The topological polar surface area (TPSA) is 4.41 Å². The van der Waals surface area contributed by atoms with Gasteiger partial charge in [-0.05, 0) is 85.8 Å². The van der Waals surface area contributed by atoms with Gasteiger partial charge in [0.05, 0.1) is 16.6 Å². The van der Waals surface area contributed by atoms with Crippen LogP contribution in [-0.4, -0.2) is 4.40 Å². The van der Waals surface area contributed by atoms with Crippen LogP contribution in [0.25, 0.3) is 38.1 Å². The summed E-state index contributed by atoms with van der Waals surface area (Å²) in [7, 11) is 0. The lowest BCUT2D eigenvalue weighted by Crippen LogP contribution is -2.00. The van der Waals surface area contributed by atoms with Gasteiger partial charge < -0.3 is 4.40 Å². The van der Waals surface area contributed by atoms with Gasteiger partial charge in [-0.2, -0.15) is 0 Å². The van der Waals surface area contributed by atoms with Crippen molar-refractivity contribution in [3.05, 3.63) is 64.7 Å². The summed E-state index contributed by atoms with van der Waals surface area (Å²) in [5, 5.41) is 6.08. The summed E-state index contributed by atoms with van der Waals surface area (Å²) in [6, 6.07) is 16.9. The Kier molecular flexibility index (Phi) is 5.26. The number of fused-ring (bicyclic) bond motifs is 10. The molecule has 2 aliphatic rings. The van der Waals surface area contributed by atoms with Gasteiger partial charge in [-0.25, -0.2) is 0 Å². The normalized spacial score (nSPS) is 18.6. The van der Waals surface area contributed by atoms with Crippen molar-refractivity contribution in [3.8, 4) is 0 Å². The van der Waals surface area contributed by atoms with Crippen LogP contribution in [-0.2, 0) is 25.7 Å². The zero-order chi connectivity index (χ0) is 22.5. The Hall–Kier alpha value is -2.54. The van der Waals surface area contributed by atoms with Crippen LogP contribution in [0.3, 0.4) is 0 Å². The first-order valence-electron chi connectivity index (χ1n) is 14.2. The van der Waals surface area contributed by atoms with Gasteiger partial charge in [0.25, 0.3) is 0 Å². The third-order valence-corrected chi connectivity index (χ3v) is 9.03. The standard InChI is InChI=1S/C33H37N/c1-2-6-11-17-26-23(14-8-4-1)20-21-28-31-25-16-10-7-3-5-9-15-24(25)22-29-27-18-12-13-19-30(27)34(32(26)28)33(29)31/h12-13,18-22H,1-11,14-17H2. The van der Waals surface area contributed by atoms with Crippen molar-refractivity contribution in [2.45, 2.75) is 96.3 Å². The van der Waals surface area contributed by atoms with Gasteiger partial charge in [-0.15, -0.1) is 0 Å². The first-order valence-corrected chi connectivity index (χ1v) is 14.2. The van der Waals surface area contributed by atoms with Crippen molar-refractivity contribution in [1.82, 2.24) is 4.40 Å². The molecule has 0 saturated heterocycles. The average molecular weight is 448 g/mol. The summed E-state index contributed by atoms with van der Waals surface area (Å²) >= 11 is 0. The molecule has 0 N–H and O–H groups in total. The van der Waals surface area contributed by atoms with E-state index in [4.69, 9.17) is 0 Å². The van der Waals surface area contributed by atoms with Crippen molar-refractivity contribution in [1.29, 1.82) is 0 Å². The minimum Gasteiger partial charge on any atom is -0.308 e. The highest BCUT2D eigenvalue weighted by molar-refractivity contribution is 6.25. The second-order valence-corrected chi connectivity index (χ2v) is 11.1. The lowest BCUT2D eigenvalue weighted by atomic mass is 9.89. The van der Waals surface area contributed by atoms with E-state index >= 15 is 0 Å². The molecule has 1 heteroatoms. The highest BCUT2D eigenvalue weighted by Gasteiger charge is 2.24. The van der Waals surface area contributed by atoms with Crippen molar-refractivity contribution in [3.63, 3.8) is 0 Å². The molecule has 2 aliphatic carbocycles. The second-order valence-electron chi connectivity index (χ2n) is 11.1. The van der Waals surface area contributed by atoms with E-state index in [2.05, 4.69) is 46.9 Å². The maximum absolute atomic E-state index is 2.70. The molecule has 7 rings (SSSR count). The Balaban J connectivity index is 1.62. The first-order chi connectivity index (χ1) is 16.9. The van der Waals surface area contributed by atoms with E-state index in [0.29, 0.717) is 0 Å². The third-order valence-electron chi connectivity index (χ3n) is 9.03.